The topological polar surface area (TPSA) is 64.0 Å². The van der Waals surface area contributed by atoms with E-state index < -0.39 is 11.7 Å². The first kappa shape index (κ1) is 17.6. The Kier molecular flexibility index (Phi) is 4.87. The van der Waals surface area contributed by atoms with Crippen LogP contribution in [0, 0.1) is 12.7 Å². The van der Waals surface area contributed by atoms with Crippen LogP contribution < -0.4 is 10.9 Å². The SMILES string of the molecule is CCc1cc2c(=O)n(CC(=O)Nc3ccc(F)c(Cl)c3)c(C)nc2s1. The summed E-state index contributed by atoms with van der Waals surface area (Å²) in [4.78, 5) is 31.1. The number of benzene rings is 1. The highest BCUT2D eigenvalue weighted by Gasteiger charge is 2.14. The van der Waals surface area contributed by atoms with E-state index in [0.29, 0.717) is 21.7 Å². The summed E-state index contributed by atoms with van der Waals surface area (Å²) in [7, 11) is 0. The van der Waals surface area contributed by atoms with E-state index in [1.165, 1.54) is 34.1 Å². The van der Waals surface area contributed by atoms with Gasteiger partial charge < -0.3 is 5.32 Å². The molecule has 0 bridgehead atoms. The van der Waals surface area contributed by atoms with E-state index >= 15 is 0 Å². The van der Waals surface area contributed by atoms with Gasteiger partial charge in [0, 0.05) is 10.6 Å². The standard InChI is InChI=1S/C17H15ClFN3O2S/c1-3-11-7-12-16(25-11)20-9(2)22(17(12)24)8-15(23)21-10-4-5-14(19)13(18)6-10/h4-7H,3,8H2,1-2H3,(H,21,23). The van der Waals surface area contributed by atoms with E-state index in [9.17, 15) is 14.0 Å². The molecule has 2 aromatic heterocycles. The van der Waals surface area contributed by atoms with Crippen LogP contribution in [0.3, 0.4) is 0 Å². The summed E-state index contributed by atoms with van der Waals surface area (Å²) < 4.78 is 14.5. The number of aryl methyl sites for hydroxylation is 2. The Hall–Kier alpha value is -2.25. The van der Waals surface area contributed by atoms with E-state index in [0.717, 1.165) is 11.3 Å². The Labute approximate surface area is 152 Å². The number of carbonyl (C=O) groups is 1. The predicted octanol–water partition coefficient (Wildman–Crippen LogP) is 3.76. The van der Waals surface area contributed by atoms with Crippen LogP contribution in [0.25, 0.3) is 10.2 Å². The minimum Gasteiger partial charge on any atom is -0.324 e. The van der Waals surface area contributed by atoms with Crippen molar-refractivity contribution in [3.63, 3.8) is 0 Å². The first-order valence-corrected chi connectivity index (χ1v) is 8.83. The van der Waals surface area contributed by atoms with Crippen LogP contribution >= 0.6 is 22.9 Å². The maximum Gasteiger partial charge on any atom is 0.262 e. The van der Waals surface area contributed by atoms with Gasteiger partial charge in [0.2, 0.25) is 5.91 Å². The van der Waals surface area contributed by atoms with Crippen molar-refractivity contribution in [2.24, 2.45) is 0 Å². The van der Waals surface area contributed by atoms with Crippen molar-refractivity contribution < 1.29 is 9.18 Å². The number of nitrogens with one attached hydrogen (secondary N) is 1. The number of nitrogens with zero attached hydrogens (tertiary/aromatic N) is 2. The van der Waals surface area contributed by atoms with Crippen molar-refractivity contribution in [3.8, 4) is 0 Å². The molecule has 0 unspecified atom stereocenters. The van der Waals surface area contributed by atoms with Crippen molar-refractivity contribution in [2.45, 2.75) is 26.8 Å². The molecule has 0 saturated heterocycles. The molecule has 8 heteroatoms. The number of rotatable bonds is 4. The second-order valence-electron chi connectivity index (χ2n) is 5.51. The zero-order valence-corrected chi connectivity index (χ0v) is 15.2. The summed E-state index contributed by atoms with van der Waals surface area (Å²) in [6.07, 6.45) is 0.825. The third-order valence-electron chi connectivity index (χ3n) is 3.75. The van der Waals surface area contributed by atoms with Crippen LogP contribution in [0.2, 0.25) is 5.02 Å². The van der Waals surface area contributed by atoms with E-state index in [1.807, 2.05) is 13.0 Å². The van der Waals surface area contributed by atoms with Gasteiger partial charge in [-0.05, 0) is 37.6 Å². The molecule has 0 fully saturated rings. The van der Waals surface area contributed by atoms with Gasteiger partial charge in [0.15, 0.2) is 0 Å². The molecule has 5 nitrogen and oxygen atoms in total. The van der Waals surface area contributed by atoms with Crippen molar-refractivity contribution >= 4 is 44.7 Å². The van der Waals surface area contributed by atoms with Gasteiger partial charge in [-0.15, -0.1) is 11.3 Å². The number of anilines is 1. The second-order valence-corrected chi connectivity index (χ2v) is 7.03. The number of thiophene rings is 1. The summed E-state index contributed by atoms with van der Waals surface area (Å²) in [5, 5.41) is 3.04. The molecular weight excluding hydrogens is 365 g/mol. The molecule has 0 atom stereocenters. The molecule has 3 aromatic rings. The highest BCUT2D eigenvalue weighted by atomic mass is 35.5. The number of aromatic nitrogens is 2. The van der Waals surface area contributed by atoms with Gasteiger partial charge in [-0.2, -0.15) is 0 Å². The van der Waals surface area contributed by atoms with Crippen LogP contribution in [-0.2, 0) is 17.8 Å². The number of fused-ring (bicyclic) bond motifs is 1. The van der Waals surface area contributed by atoms with Crippen LogP contribution in [-0.4, -0.2) is 15.5 Å². The van der Waals surface area contributed by atoms with Gasteiger partial charge in [0.1, 0.15) is 23.0 Å². The maximum absolute atomic E-state index is 13.2. The number of hydrogen-bond acceptors (Lipinski definition) is 4. The van der Waals surface area contributed by atoms with Crippen LogP contribution in [0.1, 0.15) is 17.6 Å². The Bertz CT molecular complexity index is 1030. The minimum atomic E-state index is -0.564. The Balaban J connectivity index is 1.87. The lowest BCUT2D eigenvalue weighted by molar-refractivity contribution is -0.116. The summed E-state index contributed by atoms with van der Waals surface area (Å²) in [6, 6.07) is 5.71. The fourth-order valence-electron chi connectivity index (χ4n) is 2.45. The summed E-state index contributed by atoms with van der Waals surface area (Å²) in [5.41, 5.74) is 0.116. The smallest absolute Gasteiger partial charge is 0.262 e. The van der Waals surface area contributed by atoms with Crippen LogP contribution in [0.5, 0.6) is 0 Å². The molecule has 130 valence electrons. The van der Waals surface area contributed by atoms with Gasteiger partial charge >= 0.3 is 0 Å². The molecule has 3 rings (SSSR count). The van der Waals surface area contributed by atoms with Gasteiger partial charge in [-0.1, -0.05) is 18.5 Å². The monoisotopic (exact) mass is 379 g/mol. The first-order chi connectivity index (χ1) is 11.9. The molecular formula is C17H15ClFN3O2S. The fraction of sp³-hybridized carbons (Fsp3) is 0.235. The van der Waals surface area contributed by atoms with Gasteiger partial charge in [-0.3, -0.25) is 14.2 Å². The van der Waals surface area contributed by atoms with Gasteiger partial charge in [0.25, 0.3) is 5.56 Å². The molecule has 0 radical (unpaired) electrons. The molecule has 0 aliphatic heterocycles. The Morgan fingerprint density at radius 1 is 1.40 bits per heavy atom. The molecule has 1 N–H and O–H groups in total. The first-order valence-electron chi connectivity index (χ1n) is 7.63. The lowest BCUT2D eigenvalue weighted by Crippen LogP contribution is -2.29. The molecule has 0 aliphatic carbocycles. The highest BCUT2D eigenvalue weighted by Crippen LogP contribution is 2.22. The largest absolute Gasteiger partial charge is 0.324 e. The molecule has 2 heterocycles. The molecule has 25 heavy (non-hydrogen) atoms. The molecule has 0 aliphatic rings. The number of amides is 1. The minimum absolute atomic E-state index is 0.0837. The lowest BCUT2D eigenvalue weighted by atomic mass is 10.3. The third kappa shape index (κ3) is 3.57. The van der Waals surface area contributed by atoms with Crippen LogP contribution in [0.4, 0.5) is 10.1 Å². The number of hydrogen-bond donors (Lipinski definition) is 1. The molecule has 1 aromatic carbocycles. The van der Waals surface area contributed by atoms with E-state index in [2.05, 4.69) is 10.3 Å². The average Bonchev–Trinajstić information content (AvgIpc) is 2.98. The molecule has 1 amide bonds. The van der Waals surface area contributed by atoms with Gasteiger partial charge in [-0.25, -0.2) is 9.37 Å². The fourth-order valence-corrected chi connectivity index (χ4v) is 3.63. The Morgan fingerprint density at radius 3 is 2.84 bits per heavy atom. The summed E-state index contributed by atoms with van der Waals surface area (Å²) >= 11 is 7.18. The van der Waals surface area contributed by atoms with Crippen molar-refractivity contribution in [2.75, 3.05) is 5.32 Å². The van der Waals surface area contributed by atoms with E-state index in [1.54, 1.807) is 6.92 Å². The maximum atomic E-state index is 13.2. The average molecular weight is 380 g/mol. The zero-order chi connectivity index (χ0) is 18.1. The van der Waals surface area contributed by atoms with Crippen molar-refractivity contribution in [1.29, 1.82) is 0 Å². The number of carbonyl (C=O) groups excluding carboxylic acids is 1. The lowest BCUT2D eigenvalue weighted by Gasteiger charge is -2.10. The van der Waals surface area contributed by atoms with Gasteiger partial charge in [0.05, 0.1) is 10.4 Å². The van der Waals surface area contributed by atoms with Crippen molar-refractivity contribution in [1.82, 2.24) is 9.55 Å². The summed E-state index contributed by atoms with van der Waals surface area (Å²) in [6.45, 7) is 3.52. The second kappa shape index (κ2) is 6.93. The van der Waals surface area contributed by atoms with Crippen molar-refractivity contribution in [3.05, 3.63) is 56.2 Å². The quantitative estimate of drug-likeness (QED) is 0.750. The normalized spacial score (nSPS) is 11.0. The van der Waals surface area contributed by atoms with Crippen LogP contribution in [0.15, 0.2) is 29.1 Å². The van der Waals surface area contributed by atoms with E-state index in [4.69, 9.17) is 11.6 Å². The third-order valence-corrected chi connectivity index (χ3v) is 5.21. The zero-order valence-electron chi connectivity index (χ0n) is 13.6. The summed E-state index contributed by atoms with van der Waals surface area (Å²) in [5.74, 6) is -0.514. The predicted molar refractivity (Wildman–Crippen MR) is 98.0 cm³/mol. The Morgan fingerprint density at radius 2 is 2.16 bits per heavy atom. The highest BCUT2D eigenvalue weighted by molar-refractivity contribution is 7.18. The van der Waals surface area contributed by atoms with E-state index in [-0.39, 0.29) is 17.1 Å². The number of halogens is 2. The molecule has 0 saturated carbocycles. The molecule has 0 spiro atoms.